The molecule has 1 aliphatic rings. The summed E-state index contributed by atoms with van der Waals surface area (Å²) in [6.07, 6.45) is 5.05. The average molecular weight is 412 g/mol. The molecule has 0 radical (unpaired) electrons. The number of carbonyl (C=O) groups excluding carboxylic acids is 1. The van der Waals surface area contributed by atoms with E-state index >= 15 is 0 Å². The SMILES string of the molecule is CN(C)C(=O)CNC(=NCc1ccc(CN2CCCC2)cc1)NCCc1ccco1. The lowest BCUT2D eigenvalue weighted by Crippen LogP contribution is -2.43. The molecule has 1 amide bonds. The Hall–Kier alpha value is -2.80. The monoisotopic (exact) mass is 411 g/mol. The van der Waals surface area contributed by atoms with Crippen molar-refractivity contribution in [1.82, 2.24) is 20.4 Å². The van der Waals surface area contributed by atoms with Crippen molar-refractivity contribution in [2.45, 2.75) is 32.4 Å². The van der Waals surface area contributed by atoms with Crippen molar-refractivity contribution >= 4 is 11.9 Å². The molecule has 1 saturated heterocycles. The average Bonchev–Trinajstić information content (AvgIpc) is 3.44. The van der Waals surface area contributed by atoms with Gasteiger partial charge in [-0.05, 0) is 49.2 Å². The first kappa shape index (κ1) is 21.9. The molecule has 2 heterocycles. The van der Waals surface area contributed by atoms with Crippen molar-refractivity contribution in [2.75, 3.05) is 40.3 Å². The van der Waals surface area contributed by atoms with Crippen molar-refractivity contribution < 1.29 is 9.21 Å². The number of nitrogens with zero attached hydrogens (tertiary/aromatic N) is 3. The summed E-state index contributed by atoms with van der Waals surface area (Å²) in [6, 6.07) is 12.5. The van der Waals surface area contributed by atoms with Gasteiger partial charge in [0.15, 0.2) is 5.96 Å². The molecule has 0 unspecified atom stereocenters. The number of benzene rings is 1. The first-order valence-electron chi connectivity index (χ1n) is 10.6. The topological polar surface area (TPSA) is 73.1 Å². The number of hydrogen-bond donors (Lipinski definition) is 2. The Morgan fingerprint density at radius 1 is 1.10 bits per heavy atom. The molecule has 0 spiro atoms. The number of aliphatic imine (C=N–C) groups is 1. The highest BCUT2D eigenvalue weighted by molar-refractivity contribution is 5.86. The number of amides is 1. The van der Waals surface area contributed by atoms with Crippen LogP contribution in [0.4, 0.5) is 0 Å². The fourth-order valence-electron chi connectivity index (χ4n) is 3.37. The molecule has 2 aromatic rings. The molecular weight excluding hydrogens is 378 g/mol. The Bertz CT molecular complexity index is 794. The van der Waals surface area contributed by atoms with Gasteiger partial charge in [0, 0.05) is 33.6 Å². The Kier molecular flexibility index (Phi) is 8.32. The highest BCUT2D eigenvalue weighted by atomic mass is 16.3. The minimum absolute atomic E-state index is 0.00167. The van der Waals surface area contributed by atoms with Crippen LogP contribution in [-0.4, -0.2) is 61.9 Å². The van der Waals surface area contributed by atoms with Gasteiger partial charge < -0.3 is 20.0 Å². The minimum atomic E-state index is 0.00167. The van der Waals surface area contributed by atoms with Crippen molar-refractivity contribution in [3.63, 3.8) is 0 Å². The van der Waals surface area contributed by atoms with Gasteiger partial charge in [-0.25, -0.2) is 4.99 Å². The molecule has 2 N–H and O–H groups in total. The van der Waals surface area contributed by atoms with Crippen LogP contribution in [0, 0.1) is 0 Å². The first-order chi connectivity index (χ1) is 14.6. The number of likely N-dealkylation sites (tertiary alicyclic amines) is 1. The molecule has 1 fully saturated rings. The molecule has 7 nitrogen and oxygen atoms in total. The largest absolute Gasteiger partial charge is 0.469 e. The number of furan rings is 1. The van der Waals surface area contributed by atoms with Gasteiger partial charge in [0.1, 0.15) is 5.76 Å². The second-order valence-corrected chi connectivity index (χ2v) is 7.86. The van der Waals surface area contributed by atoms with Crippen LogP contribution in [0.25, 0.3) is 0 Å². The predicted molar refractivity (Wildman–Crippen MR) is 119 cm³/mol. The van der Waals surface area contributed by atoms with Crippen molar-refractivity contribution in [1.29, 1.82) is 0 Å². The highest BCUT2D eigenvalue weighted by Gasteiger charge is 2.11. The van der Waals surface area contributed by atoms with E-state index in [2.05, 4.69) is 44.8 Å². The van der Waals surface area contributed by atoms with Crippen LogP contribution in [0.3, 0.4) is 0 Å². The van der Waals surface area contributed by atoms with E-state index in [1.807, 2.05) is 12.1 Å². The Morgan fingerprint density at radius 3 is 2.50 bits per heavy atom. The predicted octanol–water partition coefficient (Wildman–Crippen LogP) is 2.24. The molecule has 1 aliphatic heterocycles. The minimum Gasteiger partial charge on any atom is -0.469 e. The maximum atomic E-state index is 11.9. The molecule has 0 saturated carbocycles. The van der Waals surface area contributed by atoms with Crippen LogP contribution in [-0.2, 0) is 24.3 Å². The quantitative estimate of drug-likeness (QED) is 0.489. The van der Waals surface area contributed by atoms with Gasteiger partial charge in [-0.3, -0.25) is 9.69 Å². The van der Waals surface area contributed by atoms with E-state index in [4.69, 9.17) is 4.42 Å². The molecular formula is C23H33N5O2. The van der Waals surface area contributed by atoms with Crippen molar-refractivity contribution in [3.8, 4) is 0 Å². The van der Waals surface area contributed by atoms with E-state index in [-0.39, 0.29) is 12.5 Å². The van der Waals surface area contributed by atoms with E-state index in [1.54, 1.807) is 25.3 Å². The standard InChI is InChI=1S/C23H33N5O2/c1-27(2)22(29)17-26-23(24-12-11-21-6-5-15-30-21)25-16-19-7-9-20(10-8-19)18-28-13-3-4-14-28/h5-10,15H,3-4,11-14,16-18H2,1-2H3,(H2,24,25,26). The van der Waals surface area contributed by atoms with Gasteiger partial charge in [0.05, 0.1) is 19.4 Å². The van der Waals surface area contributed by atoms with E-state index in [1.165, 1.54) is 31.5 Å². The number of likely N-dealkylation sites (N-methyl/N-ethyl adjacent to an activating group) is 1. The van der Waals surface area contributed by atoms with Gasteiger partial charge in [0.25, 0.3) is 0 Å². The number of nitrogens with one attached hydrogen (secondary N) is 2. The highest BCUT2D eigenvalue weighted by Crippen LogP contribution is 2.13. The van der Waals surface area contributed by atoms with Crippen molar-refractivity contribution in [3.05, 3.63) is 59.5 Å². The fraction of sp³-hybridized carbons (Fsp3) is 0.478. The van der Waals surface area contributed by atoms with Gasteiger partial charge >= 0.3 is 0 Å². The molecule has 30 heavy (non-hydrogen) atoms. The summed E-state index contributed by atoms with van der Waals surface area (Å²) >= 11 is 0. The normalized spacial score (nSPS) is 14.7. The maximum absolute atomic E-state index is 11.9. The maximum Gasteiger partial charge on any atom is 0.241 e. The number of rotatable bonds is 9. The van der Waals surface area contributed by atoms with Crippen LogP contribution in [0.1, 0.15) is 29.7 Å². The second kappa shape index (κ2) is 11.4. The Morgan fingerprint density at radius 2 is 1.83 bits per heavy atom. The Labute approximate surface area is 179 Å². The smallest absolute Gasteiger partial charge is 0.241 e. The molecule has 0 aliphatic carbocycles. The molecule has 0 atom stereocenters. The van der Waals surface area contributed by atoms with Gasteiger partial charge in [-0.15, -0.1) is 0 Å². The third-order valence-corrected chi connectivity index (χ3v) is 5.20. The lowest BCUT2D eigenvalue weighted by atomic mass is 10.1. The zero-order chi connectivity index (χ0) is 21.2. The first-order valence-corrected chi connectivity index (χ1v) is 10.6. The summed E-state index contributed by atoms with van der Waals surface area (Å²) in [5, 5.41) is 6.40. The summed E-state index contributed by atoms with van der Waals surface area (Å²) in [5.74, 6) is 1.54. The van der Waals surface area contributed by atoms with Crippen LogP contribution in [0.15, 0.2) is 52.1 Å². The number of carbonyl (C=O) groups is 1. The van der Waals surface area contributed by atoms with Crippen LogP contribution in [0.5, 0.6) is 0 Å². The lowest BCUT2D eigenvalue weighted by Gasteiger charge is -2.15. The molecule has 162 valence electrons. The van der Waals surface area contributed by atoms with Crippen LogP contribution >= 0.6 is 0 Å². The molecule has 3 rings (SSSR count). The molecule has 0 bridgehead atoms. The molecule has 7 heteroatoms. The van der Waals surface area contributed by atoms with Gasteiger partial charge in [0.2, 0.25) is 5.91 Å². The third kappa shape index (κ3) is 7.22. The van der Waals surface area contributed by atoms with E-state index in [0.29, 0.717) is 19.0 Å². The zero-order valence-electron chi connectivity index (χ0n) is 18.1. The summed E-state index contributed by atoms with van der Waals surface area (Å²) in [5.41, 5.74) is 2.49. The lowest BCUT2D eigenvalue weighted by molar-refractivity contribution is -0.127. The van der Waals surface area contributed by atoms with Crippen molar-refractivity contribution in [2.24, 2.45) is 4.99 Å². The third-order valence-electron chi connectivity index (χ3n) is 5.20. The second-order valence-electron chi connectivity index (χ2n) is 7.86. The number of guanidine groups is 1. The van der Waals surface area contributed by atoms with E-state index in [9.17, 15) is 4.79 Å². The molecule has 1 aromatic heterocycles. The van der Waals surface area contributed by atoms with Crippen LogP contribution in [0.2, 0.25) is 0 Å². The van der Waals surface area contributed by atoms with E-state index < -0.39 is 0 Å². The van der Waals surface area contributed by atoms with E-state index in [0.717, 1.165) is 24.3 Å². The van der Waals surface area contributed by atoms with Gasteiger partial charge in [-0.1, -0.05) is 24.3 Å². The molecule has 1 aromatic carbocycles. The summed E-state index contributed by atoms with van der Waals surface area (Å²) in [6.45, 7) is 4.86. The summed E-state index contributed by atoms with van der Waals surface area (Å²) in [4.78, 5) is 20.6. The number of hydrogen-bond acceptors (Lipinski definition) is 4. The fourth-order valence-corrected chi connectivity index (χ4v) is 3.37. The van der Waals surface area contributed by atoms with Crippen LogP contribution < -0.4 is 10.6 Å². The summed E-state index contributed by atoms with van der Waals surface area (Å²) < 4.78 is 5.37. The zero-order valence-corrected chi connectivity index (χ0v) is 18.1. The van der Waals surface area contributed by atoms with Gasteiger partial charge in [-0.2, -0.15) is 0 Å². The Balaban J connectivity index is 1.54. The summed E-state index contributed by atoms with van der Waals surface area (Å²) in [7, 11) is 3.49.